The minimum absolute atomic E-state index is 0.0121. The molecule has 2 aromatic carbocycles. The lowest BCUT2D eigenvalue weighted by Gasteiger charge is -2.13. The Balaban J connectivity index is 1.67. The number of ketones is 1. The lowest BCUT2D eigenvalue weighted by molar-refractivity contribution is -0.274. The Morgan fingerprint density at radius 3 is 2.31 bits per heavy atom. The summed E-state index contributed by atoms with van der Waals surface area (Å²) in [6.45, 7) is 0. The molecule has 0 atom stereocenters. The number of ether oxygens (including phenoxy) is 1. The van der Waals surface area contributed by atoms with Gasteiger partial charge < -0.3 is 14.8 Å². The van der Waals surface area contributed by atoms with Gasteiger partial charge in [-0.3, -0.25) is 4.79 Å². The average molecular weight is 466 g/mol. The second kappa shape index (κ2) is 10.1. The van der Waals surface area contributed by atoms with E-state index in [0.29, 0.717) is 5.56 Å². The Bertz CT molecular complexity index is 1080. The molecule has 3 rings (SSSR count). The van der Waals surface area contributed by atoms with Crippen LogP contribution in [0.25, 0.3) is 0 Å². The zero-order valence-electron chi connectivity index (χ0n) is 16.2. The number of Topliss-reactive ketones (excluding diaryl/α,β-unsaturated/α-hetero) is 1. The molecule has 0 saturated heterocycles. The van der Waals surface area contributed by atoms with Crippen LogP contribution in [0.2, 0.25) is 0 Å². The van der Waals surface area contributed by atoms with Crippen LogP contribution in [0.4, 0.5) is 17.6 Å². The van der Waals surface area contributed by atoms with Gasteiger partial charge in [0, 0.05) is 24.6 Å². The Kier molecular flexibility index (Phi) is 7.49. The topological polar surface area (TPSA) is 92.5 Å². The van der Waals surface area contributed by atoms with Gasteiger partial charge in [-0.25, -0.2) is 14.4 Å². The van der Waals surface area contributed by atoms with Gasteiger partial charge in [-0.2, -0.15) is 0 Å². The van der Waals surface area contributed by atoms with E-state index in [1.165, 1.54) is 36.7 Å². The molecular formula is C20H15BF4N2O4S. The zero-order chi connectivity index (χ0) is 23.3. The molecule has 0 amide bonds. The second-order valence-corrected chi connectivity index (χ2v) is 7.49. The quantitative estimate of drug-likeness (QED) is 0.174. The summed E-state index contributed by atoms with van der Waals surface area (Å²) >= 11 is 1.02. The molecule has 2 N–H and O–H groups in total. The maximum absolute atomic E-state index is 13.0. The molecule has 1 heterocycles. The van der Waals surface area contributed by atoms with Crippen molar-refractivity contribution in [1.29, 1.82) is 0 Å². The summed E-state index contributed by atoms with van der Waals surface area (Å²) in [5, 5.41) is 19.1. The summed E-state index contributed by atoms with van der Waals surface area (Å²) in [4.78, 5) is 20.4. The molecule has 0 radical (unpaired) electrons. The molecule has 0 aliphatic heterocycles. The lowest BCUT2D eigenvalue weighted by atomic mass is 9.77. The van der Waals surface area contributed by atoms with Gasteiger partial charge in [0.15, 0.2) is 10.9 Å². The Hall–Kier alpha value is -2.96. The van der Waals surface area contributed by atoms with E-state index in [1.807, 2.05) is 0 Å². The van der Waals surface area contributed by atoms with E-state index in [2.05, 4.69) is 14.7 Å². The van der Waals surface area contributed by atoms with Crippen molar-refractivity contribution in [1.82, 2.24) is 9.97 Å². The SMILES string of the molecule is O=C(Cc1ccc(F)cc1)c1cnc(SCc2cc(OC(F)(F)F)ccc2B(O)O)nc1. The van der Waals surface area contributed by atoms with Crippen LogP contribution in [0.5, 0.6) is 5.75 Å². The third-order valence-electron chi connectivity index (χ3n) is 4.21. The number of benzene rings is 2. The fourth-order valence-electron chi connectivity index (χ4n) is 2.72. The van der Waals surface area contributed by atoms with Crippen molar-refractivity contribution in [3.8, 4) is 5.75 Å². The van der Waals surface area contributed by atoms with E-state index in [9.17, 15) is 32.4 Å². The van der Waals surface area contributed by atoms with Gasteiger partial charge in [0.2, 0.25) is 0 Å². The van der Waals surface area contributed by atoms with Crippen molar-refractivity contribution in [2.75, 3.05) is 0 Å². The molecule has 3 aromatic rings. The van der Waals surface area contributed by atoms with Crippen LogP contribution >= 0.6 is 11.8 Å². The first-order chi connectivity index (χ1) is 15.1. The summed E-state index contributed by atoms with van der Waals surface area (Å²) in [6.07, 6.45) is -2.22. The number of rotatable bonds is 8. The van der Waals surface area contributed by atoms with Crippen molar-refractivity contribution in [2.24, 2.45) is 0 Å². The van der Waals surface area contributed by atoms with Crippen molar-refractivity contribution >= 4 is 30.1 Å². The number of halogens is 4. The van der Waals surface area contributed by atoms with E-state index in [0.717, 1.165) is 30.0 Å². The first-order valence-electron chi connectivity index (χ1n) is 9.08. The van der Waals surface area contributed by atoms with Gasteiger partial charge in [0.05, 0.1) is 5.56 Å². The van der Waals surface area contributed by atoms with Gasteiger partial charge in [-0.1, -0.05) is 30.0 Å². The minimum Gasteiger partial charge on any atom is -0.423 e. The third kappa shape index (κ3) is 6.77. The normalized spacial score (nSPS) is 11.3. The lowest BCUT2D eigenvalue weighted by Crippen LogP contribution is -2.33. The molecule has 166 valence electrons. The number of alkyl halides is 3. The van der Waals surface area contributed by atoms with Gasteiger partial charge in [-0.15, -0.1) is 13.2 Å². The van der Waals surface area contributed by atoms with Crippen LogP contribution < -0.4 is 10.2 Å². The molecule has 0 unspecified atom stereocenters. The number of thioether (sulfide) groups is 1. The van der Waals surface area contributed by atoms with Crippen LogP contribution in [-0.2, 0) is 12.2 Å². The fourth-order valence-corrected chi connectivity index (χ4v) is 3.51. The summed E-state index contributed by atoms with van der Waals surface area (Å²) in [5.41, 5.74) is 1.07. The molecule has 0 fully saturated rings. The van der Waals surface area contributed by atoms with Gasteiger partial charge in [0.25, 0.3) is 0 Å². The fraction of sp³-hybridized carbons (Fsp3) is 0.150. The molecule has 12 heteroatoms. The summed E-state index contributed by atoms with van der Waals surface area (Å²) in [6, 6.07) is 8.67. The second-order valence-electron chi connectivity index (χ2n) is 6.55. The molecule has 32 heavy (non-hydrogen) atoms. The largest absolute Gasteiger partial charge is 0.573 e. The van der Waals surface area contributed by atoms with Crippen LogP contribution in [0.3, 0.4) is 0 Å². The van der Waals surface area contributed by atoms with Crippen LogP contribution in [0.15, 0.2) is 60.0 Å². The molecule has 0 aliphatic rings. The highest BCUT2D eigenvalue weighted by molar-refractivity contribution is 7.98. The number of hydrogen-bond donors (Lipinski definition) is 2. The first kappa shape index (κ1) is 23.7. The highest BCUT2D eigenvalue weighted by Gasteiger charge is 2.31. The first-order valence-corrected chi connectivity index (χ1v) is 10.1. The van der Waals surface area contributed by atoms with Gasteiger partial charge >= 0.3 is 13.5 Å². The summed E-state index contributed by atoms with van der Waals surface area (Å²) in [7, 11) is -1.89. The number of hydrogen-bond acceptors (Lipinski definition) is 7. The predicted octanol–water partition coefficient (Wildman–Crippen LogP) is 2.91. The smallest absolute Gasteiger partial charge is 0.423 e. The van der Waals surface area contributed by atoms with Gasteiger partial charge in [-0.05, 0) is 40.9 Å². The maximum atomic E-state index is 13.0. The molecular weight excluding hydrogens is 451 g/mol. The highest BCUT2D eigenvalue weighted by Crippen LogP contribution is 2.25. The number of nitrogens with zero attached hydrogens (tertiary/aromatic N) is 2. The van der Waals surface area contributed by atoms with Crippen molar-refractivity contribution < 1.29 is 37.1 Å². The molecule has 6 nitrogen and oxygen atoms in total. The number of aromatic nitrogens is 2. The Labute approximate surface area is 184 Å². The van der Waals surface area contributed by atoms with E-state index >= 15 is 0 Å². The molecule has 0 saturated carbocycles. The molecule has 1 aromatic heterocycles. The van der Waals surface area contributed by atoms with E-state index in [1.54, 1.807) is 0 Å². The van der Waals surface area contributed by atoms with E-state index < -0.39 is 25.0 Å². The number of carbonyl (C=O) groups excluding carboxylic acids is 1. The van der Waals surface area contributed by atoms with Crippen molar-refractivity contribution in [3.05, 3.63) is 77.4 Å². The van der Waals surface area contributed by atoms with E-state index in [4.69, 9.17) is 0 Å². The number of carbonyl (C=O) groups is 1. The van der Waals surface area contributed by atoms with Gasteiger partial charge in [0.1, 0.15) is 11.6 Å². The highest BCUT2D eigenvalue weighted by atomic mass is 32.2. The minimum atomic E-state index is -4.89. The Morgan fingerprint density at radius 2 is 1.72 bits per heavy atom. The predicted molar refractivity (Wildman–Crippen MR) is 109 cm³/mol. The molecule has 0 bridgehead atoms. The average Bonchev–Trinajstić information content (AvgIpc) is 2.73. The van der Waals surface area contributed by atoms with E-state index in [-0.39, 0.29) is 39.7 Å². The maximum Gasteiger partial charge on any atom is 0.573 e. The van der Waals surface area contributed by atoms with Crippen molar-refractivity contribution in [2.45, 2.75) is 23.7 Å². The standard InChI is InChI=1S/C20H15BF4N2O4S/c22-15-3-1-12(2-4-15)7-18(28)14-9-26-19(27-10-14)32-11-13-8-16(31-20(23,24)25)5-6-17(13)21(29)30/h1-6,8-10,29-30H,7,11H2. The third-order valence-corrected chi connectivity index (χ3v) is 5.14. The van der Waals surface area contributed by atoms with Crippen LogP contribution in [-0.4, -0.2) is 39.3 Å². The molecule has 0 aliphatic carbocycles. The Morgan fingerprint density at radius 1 is 1.06 bits per heavy atom. The zero-order valence-corrected chi connectivity index (χ0v) is 17.0. The summed E-state index contributed by atoms with van der Waals surface area (Å²) < 4.78 is 54.2. The van der Waals surface area contributed by atoms with Crippen LogP contribution in [0, 0.1) is 5.82 Å². The van der Waals surface area contributed by atoms with Crippen molar-refractivity contribution in [3.63, 3.8) is 0 Å². The molecule has 0 spiro atoms. The van der Waals surface area contributed by atoms with Crippen LogP contribution in [0.1, 0.15) is 21.5 Å². The summed E-state index contributed by atoms with van der Waals surface area (Å²) in [5.74, 6) is -1.15. The monoisotopic (exact) mass is 466 g/mol.